The quantitative estimate of drug-likeness (QED) is 0.641. The van der Waals surface area contributed by atoms with Crippen LogP contribution >= 0.6 is 0 Å². The van der Waals surface area contributed by atoms with Crippen LogP contribution in [0.5, 0.6) is 0 Å². The van der Waals surface area contributed by atoms with Gasteiger partial charge in [-0.15, -0.1) is 0 Å². The van der Waals surface area contributed by atoms with E-state index in [0.717, 1.165) is 4.90 Å². The number of hydrogen-bond donors (Lipinski definition) is 0. The molecule has 2 fully saturated rings. The van der Waals surface area contributed by atoms with Crippen LogP contribution in [-0.2, 0) is 9.53 Å². The second kappa shape index (κ2) is 3.72. The van der Waals surface area contributed by atoms with E-state index in [2.05, 4.69) is 0 Å². The van der Waals surface area contributed by atoms with Gasteiger partial charge < -0.3 is 4.74 Å². The molecule has 0 saturated carbocycles. The van der Waals surface area contributed by atoms with Crippen LogP contribution in [0, 0.1) is 0 Å². The second-order valence-corrected chi connectivity index (χ2v) is 5.33. The summed E-state index contributed by atoms with van der Waals surface area (Å²) in [4.78, 5) is 37.2. The molecule has 94 valence electrons. The van der Waals surface area contributed by atoms with E-state index in [1.54, 1.807) is 20.8 Å². The van der Waals surface area contributed by atoms with Gasteiger partial charge >= 0.3 is 12.1 Å². The monoisotopic (exact) mass is 240 g/mol. The van der Waals surface area contributed by atoms with Crippen molar-refractivity contribution in [3.05, 3.63) is 0 Å². The summed E-state index contributed by atoms with van der Waals surface area (Å²) in [6, 6.07) is -0.714. The molecule has 0 aromatic rings. The number of carbonyl (C=O) groups excluding carboxylic acids is 3. The number of imide groups is 2. The highest BCUT2D eigenvalue weighted by molar-refractivity contribution is 6.03. The summed E-state index contributed by atoms with van der Waals surface area (Å²) >= 11 is 0. The first-order valence-corrected chi connectivity index (χ1v) is 5.66. The van der Waals surface area contributed by atoms with Crippen LogP contribution in [0.4, 0.5) is 9.59 Å². The van der Waals surface area contributed by atoms with Crippen LogP contribution in [0.1, 0.15) is 33.6 Å². The van der Waals surface area contributed by atoms with Gasteiger partial charge in [-0.2, -0.15) is 0 Å². The summed E-state index contributed by atoms with van der Waals surface area (Å²) in [5, 5.41) is 0. The molecule has 17 heavy (non-hydrogen) atoms. The minimum absolute atomic E-state index is 0.164. The number of nitrogens with zero attached hydrogens (tertiary/aromatic N) is 2. The van der Waals surface area contributed by atoms with Crippen molar-refractivity contribution in [2.24, 2.45) is 0 Å². The van der Waals surface area contributed by atoms with Gasteiger partial charge in [0.15, 0.2) is 0 Å². The average molecular weight is 240 g/mol. The van der Waals surface area contributed by atoms with Crippen molar-refractivity contribution in [1.82, 2.24) is 9.80 Å². The summed E-state index contributed by atoms with van der Waals surface area (Å²) < 4.78 is 5.12. The molecule has 4 amide bonds. The molecule has 1 unspecified atom stereocenters. The normalized spacial score (nSPS) is 24.3. The Morgan fingerprint density at radius 3 is 2.53 bits per heavy atom. The van der Waals surface area contributed by atoms with Gasteiger partial charge in [0.05, 0.1) is 12.6 Å². The molecular formula is C11H16N2O4. The van der Waals surface area contributed by atoms with E-state index in [4.69, 9.17) is 4.74 Å². The van der Waals surface area contributed by atoms with Gasteiger partial charge in [-0.3, -0.25) is 9.69 Å². The molecule has 0 radical (unpaired) electrons. The first-order chi connectivity index (χ1) is 7.79. The number of amides is 4. The Bertz CT molecular complexity index is 385. The molecule has 2 aliphatic heterocycles. The van der Waals surface area contributed by atoms with E-state index in [-0.39, 0.29) is 18.5 Å². The van der Waals surface area contributed by atoms with Gasteiger partial charge in [-0.25, -0.2) is 14.5 Å². The summed E-state index contributed by atoms with van der Waals surface area (Å²) in [6.45, 7) is 5.45. The summed E-state index contributed by atoms with van der Waals surface area (Å²) in [5.41, 5.74) is -0.644. The smallest absolute Gasteiger partial charge is 0.418 e. The highest BCUT2D eigenvalue weighted by atomic mass is 16.6. The SMILES string of the molecule is CC(C)(C)OC(=O)N1CC2CCC(=O)N2C1=O. The molecule has 0 N–H and O–H groups in total. The maximum absolute atomic E-state index is 11.9. The van der Waals surface area contributed by atoms with Gasteiger partial charge in [-0.1, -0.05) is 0 Å². The van der Waals surface area contributed by atoms with Crippen molar-refractivity contribution in [3.8, 4) is 0 Å². The van der Waals surface area contributed by atoms with Gasteiger partial charge in [0.1, 0.15) is 5.60 Å². The molecule has 1 atom stereocenters. The van der Waals surface area contributed by atoms with Crippen molar-refractivity contribution in [2.45, 2.75) is 45.3 Å². The topological polar surface area (TPSA) is 66.9 Å². The summed E-state index contributed by atoms with van der Waals surface area (Å²) in [7, 11) is 0. The van der Waals surface area contributed by atoms with E-state index in [0.29, 0.717) is 12.8 Å². The van der Waals surface area contributed by atoms with Crippen molar-refractivity contribution < 1.29 is 19.1 Å². The fourth-order valence-electron chi connectivity index (χ4n) is 2.07. The van der Waals surface area contributed by atoms with Crippen LogP contribution in [0.2, 0.25) is 0 Å². The van der Waals surface area contributed by atoms with Crippen molar-refractivity contribution in [2.75, 3.05) is 6.54 Å². The number of urea groups is 1. The van der Waals surface area contributed by atoms with E-state index in [1.165, 1.54) is 4.90 Å². The van der Waals surface area contributed by atoms with E-state index in [1.807, 2.05) is 0 Å². The minimum Gasteiger partial charge on any atom is -0.443 e. The molecule has 2 aliphatic rings. The van der Waals surface area contributed by atoms with Gasteiger partial charge in [-0.05, 0) is 27.2 Å². The molecule has 0 aromatic carbocycles. The van der Waals surface area contributed by atoms with Crippen molar-refractivity contribution >= 4 is 18.0 Å². The Labute approximate surface area is 99.5 Å². The van der Waals surface area contributed by atoms with Crippen LogP contribution in [0.15, 0.2) is 0 Å². The molecule has 6 heteroatoms. The molecule has 2 rings (SSSR count). The lowest BCUT2D eigenvalue weighted by molar-refractivity contribution is -0.125. The maximum atomic E-state index is 11.9. The third kappa shape index (κ3) is 2.11. The minimum atomic E-state index is -0.676. The van der Waals surface area contributed by atoms with Gasteiger partial charge in [0.2, 0.25) is 5.91 Å². The molecule has 6 nitrogen and oxygen atoms in total. The lowest BCUT2D eigenvalue weighted by Crippen LogP contribution is -2.41. The van der Waals surface area contributed by atoms with Crippen molar-refractivity contribution in [3.63, 3.8) is 0 Å². The summed E-state index contributed by atoms with van der Waals surface area (Å²) in [5.74, 6) is -0.203. The average Bonchev–Trinajstić information content (AvgIpc) is 2.66. The van der Waals surface area contributed by atoms with E-state index >= 15 is 0 Å². The predicted octanol–water partition coefficient (Wildman–Crippen LogP) is 1.35. The molecule has 0 aliphatic carbocycles. The Balaban J connectivity index is 2.08. The lowest BCUT2D eigenvalue weighted by Gasteiger charge is -2.23. The van der Waals surface area contributed by atoms with E-state index < -0.39 is 17.7 Å². The van der Waals surface area contributed by atoms with Gasteiger partial charge in [0, 0.05) is 6.42 Å². The Morgan fingerprint density at radius 1 is 1.35 bits per heavy atom. The molecular weight excluding hydrogens is 224 g/mol. The largest absolute Gasteiger partial charge is 0.443 e. The summed E-state index contributed by atoms with van der Waals surface area (Å²) in [6.07, 6.45) is 0.340. The molecule has 0 spiro atoms. The van der Waals surface area contributed by atoms with E-state index in [9.17, 15) is 14.4 Å². The zero-order valence-corrected chi connectivity index (χ0v) is 10.2. The van der Waals surface area contributed by atoms with Crippen molar-refractivity contribution in [1.29, 1.82) is 0 Å². The van der Waals surface area contributed by atoms with Crippen LogP contribution in [0.3, 0.4) is 0 Å². The maximum Gasteiger partial charge on any atom is 0.418 e. The highest BCUT2D eigenvalue weighted by Crippen LogP contribution is 2.28. The molecule has 2 heterocycles. The van der Waals surface area contributed by atoms with Crippen LogP contribution < -0.4 is 0 Å². The fraction of sp³-hybridized carbons (Fsp3) is 0.727. The number of carbonyl (C=O) groups is 3. The number of ether oxygens (including phenoxy) is 1. The Morgan fingerprint density at radius 2 is 2.00 bits per heavy atom. The van der Waals surface area contributed by atoms with Crippen LogP contribution in [0.25, 0.3) is 0 Å². The standard InChI is InChI=1S/C11H16N2O4/c1-11(2,3)17-10(16)12-6-7-4-5-8(14)13(7)9(12)15/h7H,4-6H2,1-3H3. The molecule has 2 saturated heterocycles. The predicted molar refractivity (Wildman–Crippen MR) is 58.2 cm³/mol. The van der Waals surface area contributed by atoms with Gasteiger partial charge in [0.25, 0.3) is 0 Å². The second-order valence-electron chi connectivity index (χ2n) is 5.33. The Hall–Kier alpha value is -1.59. The number of fused-ring (bicyclic) bond motifs is 1. The first-order valence-electron chi connectivity index (χ1n) is 5.66. The highest BCUT2D eigenvalue weighted by Gasteiger charge is 2.48. The number of hydrogen-bond acceptors (Lipinski definition) is 4. The molecule has 0 bridgehead atoms. The van der Waals surface area contributed by atoms with Crippen LogP contribution in [-0.4, -0.2) is 46.0 Å². The zero-order chi connectivity index (χ0) is 12.8. The Kier molecular flexibility index (Phi) is 2.60. The third-order valence-corrected chi connectivity index (χ3v) is 2.77. The third-order valence-electron chi connectivity index (χ3n) is 2.77. The lowest BCUT2D eigenvalue weighted by atomic mass is 10.2. The fourth-order valence-corrected chi connectivity index (χ4v) is 2.07. The number of rotatable bonds is 0. The first kappa shape index (κ1) is 11.9. The zero-order valence-electron chi connectivity index (χ0n) is 10.2. The molecule has 0 aromatic heterocycles.